The lowest BCUT2D eigenvalue weighted by Crippen LogP contribution is -2.62. The number of anilines is 1. The molecule has 1 spiro atoms. The molecule has 2 aliphatic rings. The van der Waals surface area contributed by atoms with Crippen molar-refractivity contribution in [2.45, 2.75) is 64.0 Å². The standard InChI is InChI=1S/C18H28N2/c1-3-8-16-9-4-5-10-17(16)20-14-18(11-6-7-12-18)19-13-15(20)2/h4-5,9-10,15,19H,3,6-8,11-14H2,1-2H3. The Labute approximate surface area is 123 Å². The Kier molecular flexibility index (Phi) is 4.02. The van der Waals surface area contributed by atoms with E-state index in [1.807, 2.05) is 0 Å². The van der Waals surface area contributed by atoms with E-state index in [1.54, 1.807) is 0 Å². The first-order valence-corrected chi connectivity index (χ1v) is 8.34. The van der Waals surface area contributed by atoms with Gasteiger partial charge >= 0.3 is 0 Å². The molecule has 0 bridgehead atoms. The Balaban J connectivity index is 1.87. The maximum atomic E-state index is 3.85. The van der Waals surface area contributed by atoms with E-state index in [1.165, 1.54) is 56.3 Å². The van der Waals surface area contributed by atoms with Crippen LogP contribution in [0, 0.1) is 0 Å². The molecular formula is C18H28N2. The lowest BCUT2D eigenvalue weighted by atomic mass is 9.91. The molecule has 2 heteroatoms. The monoisotopic (exact) mass is 272 g/mol. The highest BCUT2D eigenvalue weighted by atomic mass is 15.3. The van der Waals surface area contributed by atoms with Crippen molar-refractivity contribution in [2.75, 3.05) is 18.0 Å². The van der Waals surface area contributed by atoms with Crippen molar-refractivity contribution in [1.29, 1.82) is 0 Å². The molecule has 0 amide bonds. The topological polar surface area (TPSA) is 15.3 Å². The van der Waals surface area contributed by atoms with Crippen molar-refractivity contribution < 1.29 is 0 Å². The van der Waals surface area contributed by atoms with Crippen LogP contribution in [0.1, 0.15) is 51.5 Å². The van der Waals surface area contributed by atoms with E-state index in [9.17, 15) is 0 Å². The van der Waals surface area contributed by atoms with Gasteiger partial charge in [-0.2, -0.15) is 0 Å². The number of para-hydroxylation sites is 1. The van der Waals surface area contributed by atoms with E-state index in [2.05, 4.69) is 48.3 Å². The van der Waals surface area contributed by atoms with Crippen molar-refractivity contribution in [3.05, 3.63) is 29.8 Å². The van der Waals surface area contributed by atoms with E-state index in [0.29, 0.717) is 11.6 Å². The van der Waals surface area contributed by atoms with E-state index < -0.39 is 0 Å². The summed E-state index contributed by atoms with van der Waals surface area (Å²) in [4.78, 5) is 2.67. The molecule has 1 aromatic carbocycles. The van der Waals surface area contributed by atoms with Crippen LogP contribution in [0.3, 0.4) is 0 Å². The van der Waals surface area contributed by atoms with Gasteiger partial charge in [0.05, 0.1) is 0 Å². The Bertz CT molecular complexity index is 448. The SMILES string of the molecule is CCCc1ccccc1N1CC2(CCCC2)NCC1C. The van der Waals surface area contributed by atoms with Crippen LogP contribution in [0.4, 0.5) is 5.69 Å². The summed E-state index contributed by atoms with van der Waals surface area (Å²) in [6.07, 6.45) is 7.92. The molecule has 2 nitrogen and oxygen atoms in total. The highest BCUT2D eigenvalue weighted by Crippen LogP contribution is 2.36. The summed E-state index contributed by atoms with van der Waals surface area (Å²) >= 11 is 0. The molecule has 20 heavy (non-hydrogen) atoms. The van der Waals surface area contributed by atoms with Gasteiger partial charge in [-0.3, -0.25) is 0 Å². The molecule has 1 aliphatic carbocycles. The smallest absolute Gasteiger partial charge is 0.0402 e. The normalized spacial score (nSPS) is 25.3. The maximum Gasteiger partial charge on any atom is 0.0402 e. The van der Waals surface area contributed by atoms with Crippen LogP contribution in [0.2, 0.25) is 0 Å². The Morgan fingerprint density at radius 2 is 2.00 bits per heavy atom. The molecule has 3 rings (SSSR count). The Hall–Kier alpha value is -1.02. The van der Waals surface area contributed by atoms with E-state index in [-0.39, 0.29) is 0 Å². The summed E-state index contributed by atoms with van der Waals surface area (Å²) < 4.78 is 0. The van der Waals surface area contributed by atoms with Crippen LogP contribution in [0.5, 0.6) is 0 Å². The second kappa shape index (κ2) is 5.77. The van der Waals surface area contributed by atoms with Gasteiger partial charge < -0.3 is 10.2 Å². The van der Waals surface area contributed by atoms with Crippen LogP contribution in [0.15, 0.2) is 24.3 Å². The second-order valence-corrected chi connectivity index (χ2v) is 6.72. The first kappa shape index (κ1) is 13.9. The predicted octanol–water partition coefficient (Wildman–Crippen LogP) is 3.75. The van der Waals surface area contributed by atoms with Gasteiger partial charge in [0.15, 0.2) is 0 Å². The quantitative estimate of drug-likeness (QED) is 0.901. The van der Waals surface area contributed by atoms with Crippen LogP contribution in [-0.2, 0) is 6.42 Å². The lowest BCUT2D eigenvalue weighted by molar-refractivity contribution is 0.276. The molecule has 1 aliphatic heterocycles. The van der Waals surface area contributed by atoms with Gasteiger partial charge in [-0.1, -0.05) is 44.4 Å². The number of rotatable bonds is 3. The van der Waals surface area contributed by atoms with Crippen molar-refractivity contribution in [2.24, 2.45) is 0 Å². The predicted molar refractivity (Wildman–Crippen MR) is 86.4 cm³/mol. The second-order valence-electron chi connectivity index (χ2n) is 6.72. The third-order valence-electron chi connectivity index (χ3n) is 5.16. The van der Waals surface area contributed by atoms with Crippen LogP contribution in [-0.4, -0.2) is 24.7 Å². The van der Waals surface area contributed by atoms with Crippen molar-refractivity contribution in [1.82, 2.24) is 5.32 Å². The Morgan fingerprint density at radius 1 is 1.25 bits per heavy atom. The average Bonchev–Trinajstić information content (AvgIpc) is 2.92. The number of nitrogens with one attached hydrogen (secondary N) is 1. The molecule has 1 saturated heterocycles. The molecule has 2 fully saturated rings. The van der Waals surface area contributed by atoms with Gasteiger partial charge in [0.25, 0.3) is 0 Å². The zero-order valence-corrected chi connectivity index (χ0v) is 13.0. The van der Waals surface area contributed by atoms with Gasteiger partial charge in [-0.05, 0) is 37.8 Å². The van der Waals surface area contributed by atoms with E-state index in [4.69, 9.17) is 0 Å². The summed E-state index contributed by atoms with van der Waals surface area (Å²) in [5, 5.41) is 3.85. The largest absolute Gasteiger partial charge is 0.365 e. The molecule has 0 radical (unpaired) electrons. The van der Waals surface area contributed by atoms with Crippen LogP contribution in [0.25, 0.3) is 0 Å². The number of aryl methyl sites for hydroxylation is 1. The number of hydrogen-bond donors (Lipinski definition) is 1. The molecule has 0 aromatic heterocycles. The fraction of sp³-hybridized carbons (Fsp3) is 0.667. The fourth-order valence-electron chi connectivity index (χ4n) is 3.99. The zero-order valence-electron chi connectivity index (χ0n) is 13.0. The number of nitrogens with zero attached hydrogens (tertiary/aromatic N) is 1. The van der Waals surface area contributed by atoms with Gasteiger partial charge in [0, 0.05) is 30.4 Å². The first-order valence-electron chi connectivity index (χ1n) is 8.34. The minimum Gasteiger partial charge on any atom is -0.365 e. The zero-order chi connectivity index (χ0) is 14.0. The minimum absolute atomic E-state index is 0.395. The summed E-state index contributed by atoms with van der Waals surface area (Å²) in [6, 6.07) is 9.63. The van der Waals surface area contributed by atoms with Crippen molar-refractivity contribution >= 4 is 5.69 Å². The van der Waals surface area contributed by atoms with Gasteiger partial charge in [-0.15, -0.1) is 0 Å². The molecule has 1 saturated carbocycles. The van der Waals surface area contributed by atoms with Crippen molar-refractivity contribution in [3.63, 3.8) is 0 Å². The van der Waals surface area contributed by atoms with Crippen LogP contribution < -0.4 is 10.2 Å². The number of hydrogen-bond acceptors (Lipinski definition) is 2. The highest BCUT2D eigenvalue weighted by molar-refractivity contribution is 5.55. The molecular weight excluding hydrogens is 244 g/mol. The van der Waals surface area contributed by atoms with Gasteiger partial charge in [0.2, 0.25) is 0 Å². The third kappa shape index (κ3) is 2.58. The molecule has 1 atom stereocenters. The fourth-order valence-corrected chi connectivity index (χ4v) is 3.99. The summed E-state index contributed by atoms with van der Waals surface area (Å²) in [5.41, 5.74) is 3.40. The van der Waals surface area contributed by atoms with Gasteiger partial charge in [0.1, 0.15) is 0 Å². The molecule has 1 aromatic rings. The van der Waals surface area contributed by atoms with Gasteiger partial charge in [-0.25, -0.2) is 0 Å². The third-order valence-corrected chi connectivity index (χ3v) is 5.16. The summed E-state index contributed by atoms with van der Waals surface area (Å²) in [6.45, 7) is 6.95. The van der Waals surface area contributed by atoms with Crippen molar-refractivity contribution in [3.8, 4) is 0 Å². The summed E-state index contributed by atoms with van der Waals surface area (Å²) in [5.74, 6) is 0. The summed E-state index contributed by atoms with van der Waals surface area (Å²) in [7, 11) is 0. The number of piperazine rings is 1. The van der Waals surface area contributed by atoms with E-state index >= 15 is 0 Å². The molecule has 1 unspecified atom stereocenters. The molecule has 1 heterocycles. The Morgan fingerprint density at radius 3 is 2.75 bits per heavy atom. The lowest BCUT2D eigenvalue weighted by Gasteiger charge is -2.47. The highest BCUT2D eigenvalue weighted by Gasteiger charge is 2.40. The molecule has 1 N–H and O–H groups in total. The first-order chi connectivity index (χ1) is 9.74. The van der Waals surface area contributed by atoms with E-state index in [0.717, 1.165) is 6.54 Å². The maximum absolute atomic E-state index is 3.85. The average molecular weight is 272 g/mol. The molecule has 110 valence electrons. The number of benzene rings is 1. The van der Waals surface area contributed by atoms with Crippen LogP contribution >= 0.6 is 0 Å². The minimum atomic E-state index is 0.395.